The van der Waals surface area contributed by atoms with Crippen LogP contribution in [0.5, 0.6) is 0 Å². The number of rotatable bonds is 0. The standard InChI is InChI=1S/CH2O3.Ca.Fe.3O.Ti/c2-1(3)4;;;;;;/h(H2,2,3,4);;;;;;/q;;;;;;+2/p-2. The van der Waals surface area contributed by atoms with Gasteiger partial charge in [0.2, 0.25) is 0 Å². The third-order valence-corrected chi connectivity index (χ3v) is 0. The van der Waals surface area contributed by atoms with E-state index in [0.717, 1.165) is 20.4 Å². The summed E-state index contributed by atoms with van der Waals surface area (Å²) in [7, 11) is 0. The molecule has 0 amide bonds. The Labute approximate surface area is 101 Å². The van der Waals surface area contributed by atoms with Gasteiger partial charge in [0.1, 0.15) is 0 Å². The summed E-state index contributed by atoms with van der Waals surface area (Å²) in [5.74, 6) is 0. The zero-order valence-electron chi connectivity index (χ0n) is 4.51. The Morgan fingerprint density at radius 1 is 1.20 bits per heavy atom. The van der Waals surface area contributed by atoms with Crippen molar-refractivity contribution >= 4 is 42.0 Å². The molecule has 6 nitrogen and oxygen atoms in total. The van der Waals surface area contributed by atoms with E-state index < -0.39 is 6.16 Å². The third-order valence-electron chi connectivity index (χ3n) is 0. The number of hydrogen-bond acceptors (Lipinski definition) is 6. The van der Waals surface area contributed by atoms with Gasteiger partial charge in [0.15, 0.2) is 0 Å². The molecule has 0 saturated heterocycles. The van der Waals surface area contributed by atoms with Crippen molar-refractivity contribution in [3.05, 3.63) is 0 Å². The van der Waals surface area contributed by atoms with Crippen molar-refractivity contribution in [2.24, 2.45) is 0 Å². The van der Waals surface area contributed by atoms with Crippen molar-refractivity contribution < 1.29 is 59.9 Å². The molecule has 0 saturated carbocycles. The SMILES string of the molecule is O=C([O-])[O-].[O]=[Ca].[O]=[Fe].[O]=[Ti+2]. The molecule has 10 heavy (non-hydrogen) atoms. The molecule has 0 heterocycles. The van der Waals surface area contributed by atoms with Crippen LogP contribution in [0.3, 0.4) is 0 Å². The zero-order valence-corrected chi connectivity index (χ0v) is 9.38. The first-order valence-corrected chi connectivity index (χ1v) is 3.24. The van der Waals surface area contributed by atoms with Crippen molar-refractivity contribution in [1.82, 2.24) is 0 Å². The summed E-state index contributed by atoms with van der Waals surface area (Å²) in [6.07, 6.45) is -2.33. The molecular formula is CCaFeO6Ti. The Balaban J connectivity index is -0.0000000262. The Morgan fingerprint density at radius 3 is 1.20 bits per heavy atom. The second-order valence-corrected chi connectivity index (χ2v) is 0.250. The van der Waals surface area contributed by atoms with E-state index in [0.29, 0.717) is 0 Å². The summed E-state index contributed by atoms with van der Waals surface area (Å²) < 4.78 is 24.6. The predicted molar refractivity (Wildman–Crippen MR) is 13.2 cm³/mol. The quantitative estimate of drug-likeness (QED) is 0.419. The van der Waals surface area contributed by atoms with Crippen molar-refractivity contribution in [3.8, 4) is 0 Å². The van der Waals surface area contributed by atoms with Crippen LogP contribution in [0.2, 0.25) is 0 Å². The van der Waals surface area contributed by atoms with Crippen LogP contribution in [0, 0.1) is 0 Å². The van der Waals surface area contributed by atoms with Gasteiger partial charge in [-0.2, -0.15) is 0 Å². The van der Waals surface area contributed by atoms with Gasteiger partial charge in [-0.3, -0.25) is 0 Å². The predicted octanol–water partition coefficient (Wildman–Crippen LogP) is -3.19. The molecule has 54 valence electrons. The normalized spacial score (nSPS) is 4.10. The summed E-state index contributed by atoms with van der Waals surface area (Å²) in [5, 5.41) is 16.7. The van der Waals surface area contributed by atoms with Crippen LogP contribution in [0.1, 0.15) is 0 Å². The summed E-state index contributed by atoms with van der Waals surface area (Å²) >= 11 is 2.88. The fourth-order valence-corrected chi connectivity index (χ4v) is 0. The molecule has 0 rings (SSSR count). The van der Waals surface area contributed by atoms with Gasteiger partial charge in [-0.1, -0.05) is 0 Å². The molecule has 0 aliphatic heterocycles. The van der Waals surface area contributed by atoms with E-state index in [1.165, 1.54) is 0 Å². The molecule has 0 bridgehead atoms. The fraction of sp³-hybridized carbons (Fsp3) is 0. The van der Waals surface area contributed by atoms with Gasteiger partial charge in [0.25, 0.3) is 0 Å². The molecule has 0 aromatic heterocycles. The molecule has 9 heteroatoms. The summed E-state index contributed by atoms with van der Waals surface area (Å²) in [6, 6.07) is 0. The number of carbonyl (C=O) groups excluding carboxylic acids is 1. The first kappa shape index (κ1) is 22.5. The molecule has 0 unspecified atom stereocenters. The van der Waals surface area contributed by atoms with Crippen molar-refractivity contribution in [2.45, 2.75) is 0 Å². The van der Waals surface area contributed by atoms with Crippen LogP contribution < -0.4 is 10.2 Å². The second kappa shape index (κ2) is 49.2. The van der Waals surface area contributed by atoms with Crippen LogP contribution in [0.15, 0.2) is 0 Å². The number of carboxylic acid groups (broad SMARTS) is 2. The Hall–Kier alpha value is 1.16. The van der Waals surface area contributed by atoms with Gasteiger partial charge in [0.05, 0.1) is 0 Å². The molecule has 0 aromatic carbocycles. The Kier molecular flexibility index (Phi) is 111. The first-order chi connectivity index (χ1) is 4.73. The van der Waals surface area contributed by atoms with Crippen molar-refractivity contribution in [1.29, 1.82) is 0 Å². The Morgan fingerprint density at radius 2 is 1.20 bits per heavy atom. The summed E-state index contributed by atoms with van der Waals surface area (Å²) in [5.41, 5.74) is 0. The van der Waals surface area contributed by atoms with E-state index in [9.17, 15) is 0 Å². The van der Waals surface area contributed by atoms with Gasteiger partial charge >= 0.3 is 80.8 Å². The van der Waals surface area contributed by atoms with Crippen LogP contribution >= 0.6 is 0 Å². The number of hydrogen-bond donors (Lipinski definition) is 0. The van der Waals surface area contributed by atoms with Crippen LogP contribution in [-0.2, 0) is 44.9 Å². The molecule has 0 spiro atoms. The van der Waals surface area contributed by atoms with E-state index in [1.807, 2.05) is 15.9 Å². The molecule has 0 aliphatic rings. The van der Waals surface area contributed by atoms with E-state index in [2.05, 4.69) is 0 Å². The van der Waals surface area contributed by atoms with E-state index in [-0.39, 0.29) is 35.9 Å². The Bertz CT molecular complexity index is 62.0. The zero-order chi connectivity index (χ0) is 9.58. The summed E-state index contributed by atoms with van der Waals surface area (Å²) in [6.45, 7) is 0. The molecular weight excluding hydrogens is 252 g/mol. The monoisotopic (exact) mass is 252 g/mol. The molecule has 0 aromatic rings. The van der Waals surface area contributed by atoms with E-state index >= 15 is 0 Å². The average molecular weight is 252 g/mol. The van der Waals surface area contributed by atoms with Crippen LogP contribution in [-0.4, -0.2) is 42.0 Å². The molecule has 0 atom stereocenters. The molecule has 0 radical (unpaired) electrons. The minimum absolute atomic E-state index is 0.125. The van der Waals surface area contributed by atoms with E-state index in [4.69, 9.17) is 23.6 Å². The third kappa shape index (κ3) is 451. The van der Waals surface area contributed by atoms with Gasteiger partial charge in [-0.25, -0.2) is 0 Å². The maximum absolute atomic E-state index is 8.38. The van der Waals surface area contributed by atoms with Crippen LogP contribution in [0.4, 0.5) is 4.79 Å². The molecule has 0 fully saturated rings. The molecule has 0 N–H and O–H groups in total. The van der Waals surface area contributed by atoms with Gasteiger partial charge in [0, 0.05) is 0 Å². The first-order valence-electron chi connectivity index (χ1n) is 1.25. The van der Waals surface area contributed by atoms with Gasteiger partial charge in [-0.05, 0) is 6.16 Å². The van der Waals surface area contributed by atoms with Gasteiger partial charge < -0.3 is 15.0 Å². The van der Waals surface area contributed by atoms with Crippen molar-refractivity contribution in [3.63, 3.8) is 0 Å². The molecule has 0 aliphatic carbocycles. The second-order valence-electron chi connectivity index (χ2n) is 0.250. The fourth-order valence-electron chi connectivity index (χ4n) is 0. The van der Waals surface area contributed by atoms with Crippen LogP contribution in [0.25, 0.3) is 0 Å². The minimum atomic E-state index is -2.33. The maximum atomic E-state index is 8.38. The topological polar surface area (TPSA) is 114 Å². The number of carbonyl (C=O) groups is 1. The summed E-state index contributed by atoms with van der Waals surface area (Å²) in [4.78, 5) is 8.33. The van der Waals surface area contributed by atoms with E-state index in [1.54, 1.807) is 0 Å². The average Bonchev–Trinajstić information content (AvgIpc) is 1.98. The van der Waals surface area contributed by atoms with Crippen molar-refractivity contribution in [2.75, 3.05) is 0 Å². The van der Waals surface area contributed by atoms with Gasteiger partial charge in [-0.15, -0.1) is 0 Å².